The van der Waals surface area contributed by atoms with Gasteiger partial charge in [-0.15, -0.1) is 10.2 Å². The standard InChI is InChI=1S/C26H20N4O4S2/c1-34-19-11-9-17(10-12-19)22(31)20-21(18-8-5-13-27-14-18)30(24(33)23(20)32)25-28-29-26(36-25)35-15-16-6-3-2-4-7-16/h2-14,21,31H,15H2,1H3/b22-20-. The van der Waals surface area contributed by atoms with Crippen LogP contribution < -0.4 is 9.64 Å². The lowest BCUT2D eigenvalue weighted by Crippen LogP contribution is -2.29. The smallest absolute Gasteiger partial charge is 0.301 e. The molecule has 1 aliphatic rings. The second-order valence-electron chi connectivity index (χ2n) is 7.81. The molecule has 1 fully saturated rings. The molecule has 10 heteroatoms. The molecule has 1 atom stereocenters. The summed E-state index contributed by atoms with van der Waals surface area (Å²) in [6.07, 6.45) is 3.17. The highest BCUT2D eigenvalue weighted by atomic mass is 32.2. The third-order valence-corrected chi connectivity index (χ3v) is 7.74. The molecule has 1 N–H and O–H groups in total. The third kappa shape index (κ3) is 4.60. The number of anilines is 1. The van der Waals surface area contributed by atoms with Crippen LogP contribution in [0.2, 0.25) is 0 Å². The molecule has 180 valence electrons. The van der Waals surface area contributed by atoms with Crippen LogP contribution in [-0.2, 0) is 15.3 Å². The van der Waals surface area contributed by atoms with E-state index in [4.69, 9.17) is 4.74 Å². The van der Waals surface area contributed by atoms with Gasteiger partial charge in [-0.1, -0.05) is 59.5 Å². The fourth-order valence-electron chi connectivity index (χ4n) is 3.86. The highest BCUT2D eigenvalue weighted by molar-refractivity contribution is 8.00. The summed E-state index contributed by atoms with van der Waals surface area (Å²) >= 11 is 2.72. The van der Waals surface area contributed by atoms with Crippen molar-refractivity contribution >= 4 is 45.7 Å². The molecule has 0 saturated carbocycles. The molecule has 0 radical (unpaired) electrons. The number of rotatable bonds is 7. The number of aromatic nitrogens is 3. The number of benzene rings is 2. The quantitative estimate of drug-likeness (QED) is 0.122. The molecular weight excluding hydrogens is 496 g/mol. The van der Waals surface area contributed by atoms with Gasteiger partial charge in [0.15, 0.2) is 4.34 Å². The number of carbonyl (C=O) groups excluding carboxylic acids is 2. The lowest BCUT2D eigenvalue weighted by molar-refractivity contribution is -0.132. The number of amides is 1. The number of carbonyl (C=O) groups is 2. The van der Waals surface area contributed by atoms with Crippen LogP contribution in [0.4, 0.5) is 5.13 Å². The number of ketones is 1. The molecule has 5 rings (SSSR count). The Bertz CT molecular complexity index is 1420. The van der Waals surface area contributed by atoms with Crippen LogP contribution in [0.15, 0.2) is 89.0 Å². The molecule has 1 amide bonds. The van der Waals surface area contributed by atoms with Crippen LogP contribution >= 0.6 is 23.1 Å². The summed E-state index contributed by atoms with van der Waals surface area (Å²) in [7, 11) is 1.54. The van der Waals surface area contributed by atoms with Gasteiger partial charge in [0, 0.05) is 23.7 Å². The molecular formula is C26H20N4O4S2. The van der Waals surface area contributed by atoms with Crippen molar-refractivity contribution in [2.24, 2.45) is 0 Å². The van der Waals surface area contributed by atoms with Gasteiger partial charge >= 0.3 is 5.91 Å². The number of nitrogens with zero attached hydrogens (tertiary/aromatic N) is 4. The van der Waals surface area contributed by atoms with Crippen molar-refractivity contribution in [3.8, 4) is 5.75 Å². The molecule has 36 heavy (non-hydrogen) atoms. The summed E-state index contributed by atoms with van der Waals surface area (Å²) < 4.78 is 5.84. The lowest BCUT2D eigenvalue weighted by atomic mass is 9.96. The molecule has 8 nitrogen and oxygen atoms in total. The van der Waals surface area contributed by atoms with Crippen LogP contribution in [-0.4, -0.2) is 39.1 Å². The Morgan fingerprint density at radius 3 is 2.53 bits per heavy atom. The number of ether oxygens (including phenoxy) is 1. The lowest BCUT2D eigenvalue weighted by Gasteiger charge is -2.22. The van der Waals surface area contributed by atoms with Gasteiger partial charge in [0.25, 0.3) is 5.78 Å². The van der Waals surface area contributed by atoms with Crippen molar-refractivity contribution < 1.29 is 19.4 Å². The number of thioether (sulfide) groups is 1. The largest absolute Gasteiger partial charge is 0.507 e. The predicted molar refractivity (Wildman–Crippen MR) is 138 cm³/mol. The Hall–Kier alpha value is -4.02. The number of hydrogen-bond donors (Lipinski definition) is 1. The maximum Gasteiger partial charge on any atom is 0.301 e. The monoisotopic (exact) mass is 516 g/mol. The normalized spacial score (nSPS) is 16.9. The highest BCUT2D eigenvalue weighted by Crippen LogP contribution is 2.43. The molecule has 0 aliphatic carbocycles. The fraction of sp³-hybridized carbons (Fsp3) is 0.115. The van der Waals surface area contributed by atoms with E-state index in [-0.39, 0.29) is 16.5 Å². The molecule has 1 aliphatic heterocycles. The van der Waals surface area contributed by atoms with E-state index in [0.29, 0.717) is 27.0 Å². The van der Waals surface area contributed by atoms with E-state index in [0.717, 1.165) is 5.56 Å². The van der Waals surface area contributed by atoms with Crippen LogP contribution in [0.1, 0.15) is 22.7 Å². The zero-order chi connectivity index (χ0) is 25.1. The Morgan fingerprint density at radius 1 is 1.06 bits per heavy atom. The Kier molecular flexibility index (Phi) is 6.79. The van der Waals surface area contributed by atoms with Crippen LogP contribution in [0, 0.1) is 0 Å². The zero-order valence-corrected chi connectivity index (χ0v) is 20.7. The average molecular weight is 517 g/mol. The molecule has 1 unspecified atom stereocenters. The maximum atomic E-state index is 13.2. The number of hydrogen-bond acceptors (Lipinski definition) is 9. The van der Waals surface area contributed by atoms with Gasteiger partial charge in [0.05, 0.1) is 18.7 Å². The molecule has 0 spiro atoms. The number of aliphatic hydroxyl groups excluding tert-OH is 1. The number of aliphatic hydroxyl groups is 1. The first-order valence-corrected chi connectivity index (χ1v) is 12.7. The van der Waals surface area contributed by atoms with Crippen molar-refractivity contribution in [1.29, 1.82) is 0 Å². The summed E-state index contributed by atoms with van der Waals surface area (Å²) in [4.78, 5) is 31.9. The number of methoxy groups -OCH3 is 1. The van der Waals surface area contributed by atoms with Gasteiger partial charge in [-0.25, -0.2) is 0 Å². The minimum Gasteiger partial charge on any atom is -0.507 e. The predicted octanol–water partition coefficient (Wildman–Crippen LogP) is 4.86. The summed E-state index contributed by atoms with van der Waals surface area (Å²) in [5, 5.41) is 19.9. The van der Waals surface area contributed by atoms with E-state index < -0.39 is 17.7 Å². The van der Waals surface area contributed by atoms with Crippen LogP contribution in [0.3, 0.4) is 0 Å². The second kappa shape index (κ2) is 10.3. The number of Topliss-reactive ketones (excluding diaryl/α,β-unsaturated/α-hetero) is 1. The molecule has 2 aromatic carbocycles. The van der Waals surface area contributed by atoms with E-state index in [1.807, 2.05) is 30.3 Å². The minimum absolute atomic E-state index is 0.0353. The van der Waals surface area contributed by atoms with Gasteiger partial charge in [0.1, 0.15) is 11.5 Å². The van der Waals surface area contributed by atoms with Gasteiger partial charge in [0.2, 0.25) is 5.13 Å². The van der Waals surface area contributed by atoms with Gasteiger partial charge < -0.3 is 9.84 Å². The summed E-state index contributed by atoms with van der Waals surface area (Å²) in [5.74, 6) is -0.570. The van der Waals surface area contributed by atoms with Gasteiger partial charge in [-0.3, -0.25) is 19.5 Å². The zero-order valence-electron chi connectivity index (χ0n) is 19.1. The van der Waals surface area contributed by atoms with Crippen LogP contribution in [0.25, 0.3) is 5.76 Å². The third-order valence-electron chi connectivity index (χ3n) is 5.62. The molecule has 0 bridgehead atoms. The highest BCUT2D eigenvalue weighted by Gasteiger charge is 2.48. The van der Waals surface area contributed by atoms with Crippen molar-refractivity contribution in [2.45, 2.75) is 16.1 Å². The second-order valence-corrected chi connectivity index (χ2v) is 9.99. The molecule has 3 heterocycles. The number of pyridine rings is 1. The molecule has 4 aromatic rings. The van der Waals surface area contributed by atoms with Crippen molar-refractivity contribution in [2.75, 3.05) is 12.0 Å². The molecule has 1 saturated heterocycles. The molecule has 2 aromatic heterocycles. The van der Waals surface area contributed by atoms with Gasteiger partial charge in [-0.2, -0.15) is 0 Å². The first kappa shape index (κ1) is 23.7. The summed E-state index contributed by atoms with van der Waals surface area (Å²) in [6, 6.07) is 19.1. The van der Waals surface area contributed by atoms with E-state index in [1.54, 1.807) is 48.8 Å². The SMILES string of the molecule is COc1ccc(/C(O)=C2/C(=O)C(=O)N(c3nnc(SCc4ccccc4)s3)C2c2cccnc2)cc1. The maximum absolute atomic E-state index is 13.2. The fourth-order valence-corrected chi connectivity index (χ4v) is 5.69. The topological polar surface area (TPSA) is 106 Å². The Labute approximate surface area is 215 Å². The van der Waals surface area contributed by atoms with Crippen LogP contribution in [0.5, 0.6) is 5.75 Å². The van der Waals surface area contributed by atoms with Crippen molar-refractivity contribution in [3.05, 3.63) is 101 Å². The van der Waals surface area contributed by atoms with Gasteiger partial charge in [-0.05, 0) is 41.5 Å². The average Bonchev–Trinajstić information content (AvgIpc) is 3.50. The van der Waals surface area contributed by atoms with Crippen molar-refractivity contribution in [3.63, 3.8) is 0 Å². The van der Waals surface area contributed by atoms with E-state index in [1.165, 1.54) is 35.1 Å². The first-order chi connectivity index (χ1) is 17.6. The summed E-state index contributed by atoms with van der Waals surface area (Å²) in [6.45, 7) is 0. The van der Waals surface area contributed by atoms with E-state index >= 15 is 0 Å². The Balaban J connectivity index is 1.53. The Morgan fingerprint density at radius 2 is 1.83 bits per heavy atom. The summed E-state index contributed by atoms with van der Waals surface area (Å²) in [5.41, 5.74) is 2.06. The minimum atomic E-state index is -0.902. The van der Waals surface area contributed by atoms with Crippen molar-refractivity contribution in [1.82, 2.24) is 15.2 Å². The first-order valence-electron chi connectivity index (χ1n) is 10.9. The van der Waals surface area contributed by atoms with E-state index in [2.05, 4.69) is 15.2 Å². The van der Waals surface area contributed by atoms with E-state index in [9.17, 15) is 14.7 Å².